The highest BCUT2D eigenvalue weighted by Crippen LogP contribution is 2.22. The Hall–Kier alpha value is -0.370. The Bertz CT molecular complexity index is 233. The van der Waals surface area contributed by atoms with E-state index >= 15 is 0 Å². The third kappa shape index (κ3) is 6.56. The zero-order valence-corrected chi connectivity index (χ0v) is 13.0. The van der Waals surface area contributed by atoms with E-state index in [1.807, 2.05) is 0 Å². The summed E-state index contributed by atoms with van der Waals surface area (Å²) in [7, 11) is 0. The molecule has 0 bridgehead atoms. The number of piperidine rings is 1. The number of carbonyl (C=O) groups excluding carboxylic acids is 1. The van der Waals surface area contributed by atoms with Gasteiger partial charge in [0.15, 0.2) is 5.78 Å². The second kappa shape index (κ2) is 10.4. The molecule has 0 aromatic rings. The molecule has 0 saturated carbocycles. The standard InChI is InChI=1S/C17H33NO/c1-3-5-7-8-12-15(11-6-4-2)17(19)16-13-9-10-14-18-16/h15-16,18H,3-14H2,1-2H3/t15?,16-/m0/s1. The number of unbranched alkanes of at least 4 members (excludes halogenated alkanes) is 4. The Morgan fingerprint density at radius 1 is 1.05 bits per heavy atom. The molecule has 0 aromatic heterocycles. The molecule has 0 aromatic carbocycles. The van der Waals surface area contributed by atoms with Crippen LogP contribution >= 0.6 is 0 Å². The van der Waals surface area contributed by atoms with E-state index in [1.165, 1.54) is 51.4 Å². The van der Waals surface area contributed by atoms with Crippen LogP contribution in [-0.2, 0) is 4.79 Å². The molecule has 0 spiro atoms. The molecule has 1 aliphatic rings. The zero-order valence-electron chi connectivity index (χ0n) is 13.0. The summed E-state index contributed by atoms with van der Waals surface area (Å²) in [5.41, 5.74) is 0. The van der Waals surface area contributed by atoms with Gasteiger partial charge in [0.05, 0.1) is 6.04 Å². The number of hydrogen-bond donors (Lipinski definition) is 1. The molecule has 0 amide bonds. The predicted molar refractivity (Wildman–Crippen MR) is 82.4 cm³/mol. The van der Waals surface area contributed by atoms with E-state index in [2.05, 4.69) is 19.2 Å². The van der Waals surface area contributed by atoms with Gasteiger partial charge in [-0.3, -0.25) is 4.79 Å². The van der Waals surface area contributed by atoms with Crippen LogP contribution in [0.4, 0.5) is 0 Å². The summed E-state index contributed by atoms with van der Waals surface area (Å²) in [6.07, 6.45) is 13.3. The third-order valence-corrected chi connectivity index (χ3v) is 4.37. The van der Waals surface area contributed by atoms with Crippen molar-refractivity contribution in [1.29, 1.82) is 0 Å². The highest BCUT2D eigenvalue weighted by molar-refractivity contribution is 5.86. The zero-order chi connectivity index (χ0) is 13.9. The molecule has 1 N–H and O–H groups in total. The van der Waals surface area contributed by atoms with E-state index in [0.29, 0.717) is 11.7 Å². The van der Waals surface area contributed by atoms with E-state index in [1.54, 1.807) is 0 Å². The fraction of sp³-hybridized carbons (Fsp3) is 0.941. The topological polar surface area (TPSA) is 29.1 Å². The predicted octanol–water partition coefficient (Wildman–Crippen LogP) is 4.47. The van der Waals surface area contributed by atoms with Crippen molar-refractivity contribution < 1.29 is 4.79 Å². The Morgan fingerprint density at radius 2 is 1.79 bits per heavy atom. The number of Topliss-reactive ketones (excluding diaryl/α,β-unsaturated/α-hetero) is 1. The number of rotatable bonds is 10. The summed E-state index contributed by atoms with van der Waals surface area (Å²) in [6, 6.07) is 0.168. The molecular weight excluding hydrogens is 234 g/mol. The van der Waals surface area contributed by atoms with Crippen molar-refractivity contribution in [2.45, 2.75) is 90.5 Å². The van der Waals surface area contributed by atoms with Gasteiger partial charge in [-0.25, -0.2) is 0 Å². The van der Waals surface area contributed by atoms with Crippen LogP contribution < -0.4 is 5.32 Å². The van der Waals surface area contributed by atoms with Gasteiger partial charge in [-0.15, -0.1) is 0 Å². The largest absolute Gasteiger partial charge is 0.307 e. The first-order valence-corrected chi connectivity index (χ1v) is 8.56. The van der Waals surface area contributed by atoms with E-state index in [-0.39, 0.29) is 6.04 Å². The van der Waals surface area contributed by atoms with E-state index in [0.717, 1.165) is 25.8 Å². The lowest BCUT2D eigenvalue weighted by molar-refractivity contribution is -0.126. The highest BCUT2D eigenvalue weighted by atomic mass is 16.1. The molecule has 1 rings (SSSR count). The van der Waals surface area contributed by atoms with Gasteiger partial charge in [-0.1, -0.05) is 58.8 Å². The molecular formula is C17H33NO. The van der Waals surface area contributed by atoms with Crippen molar-refractivity contribution in [3.05, 3.63) is 0 Å². The molecule has 2 atom stereocenters. The van der Waals surface area contributed by atoms with Gasteiger partial charge in [-0.2, -0.15) is 0 Å². The van der Waals surface area contributed by atoms with Crippen LogP contribution in [0.1, 0.15) is 84.5 Å². The van der Waals surface area contributed by atoms with Crippen LogP contribution in [0.3, 0.4) is 0 Å². The van der Waals surface area contributed by atoms with Crippen molar-refractivity contribution in [3.63, 3.8) is 0 Å². The van der Waals surface area contributed by atoms with Gasteiger partial charge in [0.25, 0.3) is 0 Å². The molecule has 2 heteroatoms. The summed E-state index contributed by atoms with van der Waals surface area (Å²) in [6.45, 7) is 5.50. The maximum atomic E-state index is 12.6. The van der Waals surface area contributed by atoms with Crippen molar-refractivity contribution >= 4 is 5.78 Å². The molecule has 0 radical (unpaired) electrons. The first kappa shape index (κ1) is 16.7. The van der Waals surface area contributed by atoms with E-state index in [4.69, 9.17) is 0 Å². The van der Waals surface area contributed by atoms with Gasteiger partial charge in [-0.05, 0) is 32.2 Å². The third-order valence-electron chi connectivity index (χ3n) is 4.37. The quantitative estimate of drug-likeness (QED) is 0.591. The lowest BCUT2D eigenvalue weighted by Gasteiger charge is -2.26. The Morgan fingerprint density at radius 3 is 2.42 bits per heavy atom. The summed E-state index contributed by atoms with van der Waals surface area (Å²) in [4.78, 5) is 12.6. The molecule has 1 heterocycles. The molecule has 0 aliphatic carbocycles. The molecule has 2 nitrogen and oxygen atoms in total. The van der Waals surface area contributed by atoms with E-state index < -0.39 is 0 Å². The number of hydrogen-bond acceptors (Lipinski definition) is 2. The first-order chi connectivity index (χ1) is 9.29. The minimum absolute atomic E-state index is 0.168. The van der Waals surface area contributed by atoms with Crippen LogP contribution in [0.25, 0.3) is 0 Å². The van der Waals surface area contributed by atoms with Crippen molar-refractivity contribution in [2.75, 3.05) is 6.54 Å². The summed E-state index contributed by atoms with van der Waals surface area (Å²) >= 11 is 0. The van der Waals surface area contributed by atoms with Crippen molar-refractivity contribution in [2.24, 2.45) is 5.92 Å². The summed E-state index contributed by atoms with van der Waals surface area (Å²) in [5.74, 6) is 0.844. The second-order valence-electron chi connectivity index (χ2n) is 6.09. The molecule has 1 fully saturated rings. The normalized spacial score (nSPS) is 21.3. The first-order valence-electron chi connectivity index (χ1n) is 8.56. The van der Waals surface area contributed by atoms with Crippen molar-refractivity contribution in [1.82, 2.24) is 5.32 Å². The summed E-state index contributed by atoms with van der Waals surface area (Å²) < 4.78 is 0. The maximum absolute atomic E-state index is 12.6. The monoisotopic (exact) mass is 267 g/mol. The van der Waals surface area contributed by atoms with Crippen LogP contribution in [0.5, 0.6) is 0 Å². The van der Waals surface area contributed by atoms with Crippen molar-refractivity contribution in [3.8, 4) is 0 Å². The molecule has 19 heavy (non-hydrogen) atoms. The van der Waals surface area contributed by atoms with Gasteiger partial charge in [0, 0.05) is 5.92 Å². The molecule has 1 unspecified atom stereocenters. The fourth-order valence-electron chi connectivity index (χ4n) is 3.08. The number of carbonyl (C=O) groups is 1. The lowest BCUT2D eigenvalue weighted by Crippen LogP contribution is -2.43. The minimum Gasteiger partial charge on any atom is -0.307 e. The smallest absolute Gasteiger partial charge is 0.152 e. The average molecular weight is 267 g/mol. The van der Waals surface area contributed by atoms with E-state index in [9.17, 15) is 4.79 Å². The Labute approximate surface area is 119 Å². The molecule has 1 aliphatic heterocycles. The number of ketones is 1. The summed E-state index contributed by atoms with van der Waals surface area (Å²) in [5, 5.41) is 3.43. The lowest BCUT2D eigenvalue weighted by atomic mass is 9.85. The highest BCUT2D eigenvalue weighted by Gasteiger charge is 2.27. The van der Waals surface area contributed by atoms with Crippen LogP contribution in [0.15, 0.2) is 0 Å². The maximum Gasteiger partial charge on any atom is 0.152 e. The average Bonchev–Trinajstić information content (AvgIpc) is 2.47. The Balaban J connectivity index is 2.38. The van der Waals surface area contributed by atoms with Gasteiger partial charge in [0.2, 0.25) is 0 Å². The van der Waals surface area contributed by atoms with Gasteiger partial charge >= 0.3 is 0 Å². The van der Waals surface area contributed by atoms with Gasteiger partial charge < -0.3 is 5.32 Å². The van der Waals surface area contributed by atoms with Crippen LogP contribution in [0.2, 0.25) is 0 Å². The molecule has 112 valence electrons. The van der Waals surface area contributed by atoms with Crippen LogP contribution in [-0.4, -0.2) is 18.4 Å². The minimum atomic E-state index is 0.168. The fourth-order valence-corrected chi connectivity index (χ4v) is 3.08. The second-order valence-corrected chi connectivity index (χ2v) is 6.09. The SMILES string of the molecule is CCCCCCC(CCCC)C(=O)[C@@H]1CCCCN1. The number of nitrogens with one attached hydrogen (secondary N) is 1. The van der Waals surface area contributed by atoms with Crippen LogP contribution in [0, 0.1) is 5.92 Å². The van der Waals surface area contributed by atoms with Gasteiger partial charge in [0.1, 0.15) is 0 Å². The molecule has 1 saturated heterocycles. The Kier molecular flexibility index (Phi) is 9.15.